The maximum absolute atomic E-state index is 14.4. The van der Waals surface area contributed by atoms with Crippen molar-refractivity contribution in [3.8, 4) is 11.1 Å². The van der Waals surface area contributed by atoms with Crippen LogP contribution in [0.3, 0.4) is 0 Å². The third kappa shape index (κ3) is 6.29. The van der Waals surface area contributed by atoms with Gasteiger partial charge in [-0.15, -0.1) is 4.33 Å². The third-order valence-corrected chi connectivity index (χ3v) is 9.98. The fraction of sp³-hybridized carbons (Fsp3) is 0.0303. The van der Waals surface area contributed by atoms with Crippen molar-refractivity contribution in [3.63, 3.8) is 0 Å². The van der Waals surface area contributed by atoms with Crippen LogP contribution in [0.15, 0.2) is 93.4 Å². The molecule has 0 unspecified atom stereocenters. The molecule has 4 N–H and O–H groups in total. The number of anilines is 4. The van der Waals surface area contributed by atoms with Gasteiger partial charge in [0.15, 0.2) is 11.6 Å². The number of rotatable bonds is 10. The normalized spacial score (nSPS) is 12.1. The summed E-state index contributed by atoms with van der Waals surface area (Å²) in [7, 11) is -3.46. The number of hydrogen-bond donors (Lipinski definition) is 4. The Hall–Kier alpha value is -5.24. The van der Waals surface area contributed by atoms with E-state index in [0.29, 0.717) is 28.5 Å². The second-order valence-electron chi connectivity index (χ2n) is 11.1. The Morgan fingerprint density at radius 3 is 2.19 bits per heavy atom. The van der Waals surface area contributed by atoms with Crippen molar-refractivity contribution in [2.75, 3.05) is 10.6 Å². The number of benzene rings is 4. The second-order valence-corrected chi connectivity index (χ2v) is 13.9. The molecule has 0 radical (unpaired) electrons. The standard InChI is InChI=1S/C33H20Cl2N6O9S2/c1-41-21-12-11-18(36-19-13-20(37-33-39-31(34)38-32(35)40-33)23(52(46,47)48)14-22(19)51-50-49-45)25-26(21)24(16-9-5-6-10-17(16)29(25)43)27(30(41)44)28(42)15-7-3-2-4-8-15/h2-14,36,45H,1H3,(H,46,47,48)(H,37,38,39,40). The molecular weight excluding hydrogens is 759 g/mol. The lowest BCUT2D eigenvalue weighted by Gasteiger charge is -2.26. The molecule has 0 amide bonds. The quantitative estimate of drug-likeness (QED) is 0.0377. The summed E-state index contributed by atoms with van der Waals surface area (Å²) in [5, 5.41) is 18.1. The van der Waals surface area contributed by atoms with E-state index in [9.17, 15) is 27.4 Å². The summed E-state index contributed by atoms with van der Waals surface area (Å²) in [4.78, 5) is 53.1. The van der Waals surface area contributed by atoms with Crippen LogP contribution in [0, 0.1) is 0 Å². The first kappa shape index (κ1) is 35.2. The zero-order valence-corrected chi connectivity index (χ0v) is 29.3. The molecule has 7 rings (SSSR count). The molecule has 0 fully saturated rings. The molecule has 1 aliphatic rings. The van der Waals surface area contributed by atoms with Gasteiger partial charge in [-0.2, -0.15) is 23.4 Å². The summed E-state index contributed by atoms with van der Waals surface area (Å²) >= 11 is 12.2. The Bertz CT molecular complexity index is 2640. The summed E-state index contributed by atoms with van der Waals surface area (Å²) in [6.45, 7) is 0. The van der Waals surface area contributed by atoms with Crippen LogP contribution >= 0.6 is 35.2 Å². The predicted molar refractivity (Wildman–Crippen MR) is 191 cm³/mol. The van der Waals surface area contributed by atoms with E-state index in [0.717, 1.165) is 6.07 Å². The van der Waals surface area contributed by atoms with E-state index in [1.807, 2.05) is 0 Å². The molecule has 0 spiro atoms. The van der Waals surface area contributed by atoms with Gasteiger partial charge >= 0.3 is 0 Å². The molecular formula is C33H20Cl2N6O9S2. The number of aryl methyl sites for hydroxylation is 1. The van der Waals surface area contributed by atoms with E-state index in [1.165, 1.54) is 23.7 Å². The lowest BCUT2D eigenvalue weighted by Crippen LogP contribution is -2.29. The van der Waals surface area contributed by atoms with E-state index < -0.39 is 32.1 Å². The highest BCUT2D eigenvalue weighted by Gasteiger charge is 2.34. The molecule has 0 atom stereocenters. The van der Waals surface area contributed by atoms with Crippen LogP contribution in [0.25, 0.3) is 22.0 Å². The molecule has 4 aromatic carbocycles. The molecule has 262 valence electrons. The van der Waals surface area contributed by atoms with Gasteiger partial charge in [0.1, 0.15) is 4.90 Å². The van der Waals surface area contributed by atoms with Gasteiger partial charge in [0.05, 0.1) is 50.6 Å². The van der Waals surface area contributed by atoms with Crippen molar-refractivity contribution in [1.82, 2.24) is 19.5 Å². The summed E-state index contributed by atoms with van der Waals surface area (Å²) in [6.07, 6.45) is 0. The molecule has 0 saturated carbocycles. The largest absolute Gasteiger partial charge is 0.354 e. The number of nitrogens with one attached hydrogen (secondary N) is 2. The van der Waals surface area contributed by atoms with Gasteiger partial charge in [-0.3, -0.25) is 18.9 Å². The minimum Gasteiger partial charge on any atom is -0.354 e. The SMILES string of the molecule is Cn1c(=O)c(C(=O)c2ccccc2)c2c3c(c(Nc4cc(Nc5nc(Cl)nc(Cl)n5)c(S(=O)(=O)O)cc4SOOO)ccc31)C(=O)c1ccccc1-2. The first-order chi connectivity index (χ1) is 24.9. The highest BCUT2D eigenvalue weighted by atomic mass is 35.5. The zero-order valence-electron chi connectivity index (χ0n) is 26.1. The number of pyridine rings is 1. The van der Waals surface area contributed by atoms with Crippen molar-refractivity contribution >= 4 is 90.8 Å². The lowest BCUT2D eigenvalue weighted by atomic mass is 9.80. The molecule has 0 aliphatic heterocycles. The van der Waals surface area contributed by atoms with E-state index in [1.54, 1.807) is 60.7 Å². The van der Waals surface area contributed by atoms with Crippen molar-refractivity contribution in [2.24, 2.45) is 7.05 Å². The third-order valence-electron chi connectivity index (χ3n) is 8.10. The van der Waals surface area contributed by atoms with Crippen LogP contribution in [0.4, 0.5) is 23.0 Å². The Kier molecular flexibility index (Phi) is 9.28. The number of carbonyl (C=O) groups excluding carboxylic acids is 2. The molecule has 1 aliphatic carbocycles. The predicted octanol–water partition coefficient (Wildman–Crippen LogP) is 6.63. The number of fused-ring (bicyclic) bond motifs is 2. The molecule has 15 nitrogen and oxygen atoms in total. The van der Waals surface area contributed by atoms with Crippen LogP contribution in [-0.2, 0) is 26.5 Å². The van der Waals surface area contributed by atoms with Gasteiger partial charge in [-0.05, 0) is 53.0 Å². The average Bonchev–Trinajstić information content (AvgIpc) is 3.11. The van der Waals surface area contributed by atoms with Crippen LogP contribution in [-0.4, -0.2) is 49.3 Å². The van der Waals surface area contributed by atoms with Crippen molar-refractivity contribution < 1.29 is 37.2 Å². The van der Waals surface area contributed by atoms with E-state index in [2.05, 4.69) is 35.0 Å². The van der Waals surface area contributed by atoms with Crippen molar-refractivity contribution in [3.05, 3.63) is 122 Å². The highest BCUT2D eigenvalue weighted by Crippen LogP contribution is 2.45. The Morgan fingerprint density at radius 1 is 0.846 bits per heavy atom. The first-order valence-corrected chi connectivity index (χ1v) is 17.7. The smallest absolute Gasteiger partial charge is 0.296 e. The van der Waals surface area contributed by atoms with Gasteiger partial charge < -0.3 is 15.2 Å². The van der Waals surface area contributed by atoms with Crippen LogP contribution in [0.1, 0.15) is 31.8 Å². The van der Waals surface area contributed by atoms with Gasteiger partial charge in [0.25, 0.3) is 15.7 Å². The molecule has 2 heterocycles. The zero-order chi connectivity index (χ0) is 36.9. The van der Waals surface area contributed by atoms with Crippen LogP contribution < -0.4 is 16.2 Å². The molecule has 0 bridgehead atoms. The molecule has 52 heavy (non-hydrogen) atoms. The summed E-state index contributed by atoms with van der Waals surface area (Å²) in [6, 6.07) is 20.2. The second kappa shape index (κ2) is 13.7. The Labute approximate surface area is 307 Å². The van der Waals surface area contributed by atoms with Crippen LogP contribution in [0.2, 0.25) is 10.6 Å². The average molecular weight is 780 g/mol. The highest BCUT2D eigenvalue weighted by molar-refractivity contribution is 7.94. The van der Waals surface area contributed by atoms with Crippen molar-refractivity contribution in [2.45, 2.75) is 9.79 Å². The number of halogens is 2. The molecule has 0 saturated heterocycles. The van der Waals surface area contributed by atoms with Gasteiger partial charge in [-0.25, -0.2) is 5.26 Å². The fourth-order valence-corrected chi connectivity index (χ4v) is 7.52. The van der Waals surface area contributed by atoms with Gasteiger partial charge in [0.2, 0.25) is 16.5 Å². The Balaban J connectivity index is 1.49. The first-order valence-electron chi connectivity index (χ1n) is 14.7. The number of ketones is 2. The number of aromatic nitrogens is 4. The summed E-state index contributed by atoms with van der Waals surface area (Å²) in [5.41, 5.74) is 0.796. The monoisotopic (exact) mass is 778 g/mol. The number of carbonyl (C=O) groups is 2. The van der Waals surface area contributed by atoms with E-state index in [-0.39, 0.29) is 66.3 Å². The Morgan fingerprint density at radius 2 is 1.52 bits per heavy atom. The number of nitrogens with zero attached hydrogens (tertiary/aromatic N) is 4. The summed E-state index contributed by atoms with van der Waals surface area (Å²) < 4.78 is 41.1. The van der Waals surface area contributed by atoms with Crippen molar-refractivity contribution in [1.29, 1.82) is 0 Å². The van der Waals surface area contributed by atoms with Gasteiger partial charge in [0, 0.05) is 29.1 Å². The fourth-order valence-electron chi connectivity index (χ4n) is 5.96. The minimum atomic E-state index is -4.95. The van der Waals surface area contributed by atoms with E-state index >= 15 is 0 Å². The maximum atomic E-state index is 14.4. The molecule has 2 aromatic heterocycles. The van der Waals surface area contributed by atoms with Crippen LogP contribution in [0.5, 0.6) is 0 Å². The minimum absolute atomic E-state index is 0.0393. The topological polar surface area (TPSA) is 212 Å². The maximum Gasteiger partial charge on any atom is 0.296 e. The lowest BCUT2D eigenvalue weighted by molar-refractivity contribution is -0.432. The number of hydrogen-bond acceptors (Lipinski definition) is 14. The van der Waals surface area contributed by atoms with E-state index in [4.69, 9.17) is 28.5 Å². The molecule has 19 heteroatoms. The summed E-state index contributed by atoms with van der Waals surface area (Å²) in [5.74, 6) is -1.27. The molecule has 6 aromatic rings. The van der Waals surface area contributed by atoms with Gasteiger partial charge in [-0.1, -0.05) is 59.6 Å².